The van der Waals surface area contributed by atoms with E-state index in [1.54, 1.807) is 7.11 Å². The lowest BCUT2D eigenvalue weighted by Gasteiger charge is -2.34. The van der Waals surface area contributed by atoms with E-state index in [4.69, 9.17) is 4.74 Å². The first kappa shape index (κ1) is 15.3. The maximum atomic E-state index is 12.5. The molecular weight excluding hydrogens is 272 g/mol. The van der Waals surface area contributed by atoms with Crippen molar-refractivity contribution in [2.75, 3.05) is 7.11 Å². The van der Waals surface area contributed by atoms with Crippen LogP contribution in [0.1, 0.15) is 56.9 Å². The molecule has 118 valence electrons. The Balaban J connectivity index is 1.84. The van der Waals surface area contributed by atoms with E-state index in [9.17, 15) is 4.79 Å². The number of rotatable bonds is 3. The minimum Gasteiger partial charge on any atom is -0.497 e. The molecule has 0 bridgehead atoms. The maximum Gasteiger partial charge on any atom is 0.159 e. The van der Waals surface area contributed by atoms with Gasteiger partial charge in [0.25, 0.3) is 0 Å². The number of ether oxygens (including phenoxy) is 1. The third-order valence-corrected chi connectivity index (χ3v) is 5.30. The summed E-state index contributed by atoms with van der Waals surface area (Å²) in [6.07, 6.45) is 11.8. The summed E-state index contributed by atoms with van der Waals surface area (Å²) in [7, 11) is 1.68. The van der Waals surface area contributed by atoms with Gasteiger partial charge < -0.3 is 4.74 Å². The third kappa shape index (κ3) is 3.43. The van der Waals surface area contributed by atoms with Gasteiger partial charge in [-0.1, -0.05) is 31.4 Å². The number of hydrogen-bond donors (Lipinski definition) is 0. The molecule has 0 heterocycles. The summed E-state index contributed by atoms with van der Waals surface area (Å²) in [4.78, 5) is 12.5. The summed E-state index contributed by atoms with van der Waals surface area (Å²) in [5.41, 5.74) is 2.20. The first-order chi connectivity index (χ1) is 10.8. The lowest BCUT2D eigenvalue weighted by Crippen LogP contribution is -2.27. The fourth-order valence-corrected chi connectivity index (χ4v) is 4.08. The Morgan fingerprint density at radius 1 is 1.00 bits per heavy atom. The lowest BCUT2D eigenvalue weighted by atomic mass is 9.70. The van der Waals surface area contributed by atoms with Crippen molar-refractivity contribution in [3.63, 3.8) is 0 Å². The van der Waals surface area contributed by atoms with Crippen molar-refractivity contribution in [3.8, 4) is 5.75 Å². The lowest BCUT2D eigenvalue weighted by molar-refractivity contribution is -0.117. The van der Waals surface area contributed by atoms with Gasteiger partial charge in [0.05, 0.1) is 7.11 Å². The van der Waals surface area contributed by atoms with Gasteiger partial charge in [-0.05, 0) is 66.9 Å². The van der Waals surface area contributed by atoms with Crippen LogP contribution >= 0.6 is 0 Å². The molecule has 2 nitrogen and oxygen atoms in total. The van der Waals surface area contributed by atoms with E-state index in [1.165, 1.54) is 38.5 Å². The van der Waals surface area contributed by atoms with E-state index in [0.29, 0.717) is 11.7 Å². The van der Waals surface area contributed by atoms with Gasteiger partial charge in [-0.2, -0.15) is 0 Å². The monoisotopic (exact) mass is 298 g/mol. The number of methoxy groups -OCH3 is 1. The van der Waals surface area contributed by atoms with Crippen molar-refractivity contribution in [2.24, 2.45) is 11.8 Å². The van der Waals surface area contributed by atoms with Crippen LogP contribution in [-0.4, -0.2) is 12.9 Å². The molecule has 2 aliphatic rings. The highest BCUT2D eigenvalue weighted by Gasteiger charge is 2.32. The van der Waals surface area contributed by atoms with Crippen molar-refractivity contribution in [1.29, 1.82) is 0 Å². The molecule has 0 saturated heterocycles. The predicted octanol–water partition coefficient (Wildman–Crippen LogP) is 5.03. The van der Waals surface area contributed by atoms with E-state index in [0.717, 1.165) is 35.6 Å². The van der Waals surface area contributed by atoms with Crippen LogP contribution in [0.5, 0.6) is 5.75 Å². The summed E-state index contributed by atoms with van der Waals surface area (Å²) < 4.78 is 5.21. The van der Waals surface area contributed by atoms with E-state index >= 15 is 0 Å². The summed E-state index contributed by atoms with van der Waals surface area (Å²) in [5, 5.41) is 0. The zero-order valence-corrected chi connectivity index (χ0v) is 13.5. The van der Waals surface area contributed by atoms with Crippen molar-refractivity contribution in [2.45, 2.75) is 51.4 Å². The number of benzene rings is 1. The van der Waals surface area contributed by atoms with Crippen molar-refractivity contribution in [3.05, 3.63) is 35.4 Å². The molecule has 2 aliphatic carbocycles. The Morgan fingerprint density at radius 2 is 1.73 bits per heavy atom. The van der Waals surface area contributed by atoms with Gasteiger partial charge in [-0.3, -0.25) is 4.79 Å². The number of ketones is 1. The zero-order valence-electron chi connectivity index (χ0n) is 13.5. The van der Waals surface area contributed by atoms with Crippen LogP contribution in [0.2, 0.25) is 0 Å². The summed E-state index contributed by atoms with van der Waals surface area (Å²) in [5.74, 6) is 2.45. The van der Waals surface area contributed by atoms with Gasteiger partial charge >= 0.3 is 0 Å². The average molecular weight is 298 g/mol. The molecule has 0 aliphatic heterocycles. The first-order valence-corrected chi connectivity index (χ1v) is 8.67. The van der Waals surface area contributed by atoms with E-state index in [2.05, 4.69) is 6.08 Å². The highest BCUT2D eigenvalue weighted by atomic mass is 16.5. The number of hydrogen-bond acceptors (Lipinski definition) is 2. The molecule has 0 N–H and O–H groups in total. The molecule has 3 rings (SSSR count). The molecule has 0 radical (unpaired) electrons. The highest BCUT2D eigenvalue weighted by molar-refractivity contribution is 6.00. The number of carbonyl (C=O) groups excluding carboxylic acids is 1. The largest absolute Gasteiger partial charge is 0.497 e. The average Bonchev–Trinajstić information content (AvgIpc) is 2.58. The fraction of sp³-hybridized carbons (Fsp3) is 0.550. The number of Topliss-reactive ketones (excluding diaryl/α,β-unsaturated/α-hetero) is 1. The third-order valence-electron chi connectivity index (χ3n) is 5.30. The highest BCUT2D eigenvalue weighted by Crippen LogP contribution is 2.40. The minimum absolute atomic E-state index is 0.373. The van der Waals surface area contributed by atoms with Crippen LogP contribution in [0, 0.1) is 11.8 Å². The molecule has 1 aromatic rings. The molecule has 2 heteroatoms. The molecule has 22 heavy (non-hydrogen) atoms. The molecule has 1 unspecified atom stereocenters. The van der Waals surface area contributed by atoms with Crippen molar-refractivity contribution < 1.29 is 9.53 Å². The molecular formula is C20H26O2. The van der Waals surface area contributed by atoms with Crippen LogP contribution < -0.4 is 4.74 Å². The maximum absolute atomic E-state index is 12.5. The topological polar surface area (TPSA) is 26.3 Å². The van der Waals surface area contributed by atoms with E-state index in [-0.39, 0.29) is 0 Å². The number of allylic oxidation sites excluding steroid dienone is 1. The van der Waals surface area contributed by atoms with Crippen LogP contribution in [0.3, 0.4) is 0 Å². The van der Waals surface area contributed by atoms with Crippen molar-refractivity contribution in [1.82, 2.24) is 0 Å². The Kier molecular flexibility index (Phi) is 4.97. The quantitative estimate of drug-likeness (QED) is 0.732. The standard InChI is InChI=1S/C20H26O2/c1-22-17-12-10-15(11-13-17)14-19-18(8-5-9-20(19)21)16-6-3-2-4-7-16/h10-14,16,18H,2-9H2,1H3. The zero-order chi connectivity index (χ0) is 15.4. The van der Waals surface area contributed by atoms with Gasteiger partial charge in [0.2, 0.25) is 0 Å². The first-order valence-electron chi connectivity index (χ1n) is 8.67. The van der Waals surface area contributed by atoms with Crippen LogP contribution in [0.15, 0.2) is 29.8 Å². The SMILES string of the molecule is COc1ccc(C=C2C(=O)CCCC2C2CCCCC2)cc1. The van der Waals surface area contributed by atoms with Gasteiger partial charge in [0.1, 0.15) is 5.75 Å². The predicted molar refractivity (Wildman–Crippen MR) is 89.9 cm³/mol. The molecule has 2 fully saturated rings. The molecule has 0 aromatic heterocycles. The second-order valence-corrected chi connectivity index (χ2v) is 6.69. The van der Waals surface area contributed by atoms with Gasteiger partial charge in [0, 0.05) is 6.42 Å². The second-order valence-electron chi connectivity index (χ2n) is 6.69. The Bertz CT molecular complexity index is 535. The molecule has 0 amide bonds. The Labute approximate surface area is 133 Å². The fourth-order valence-electron chi connectivity index (χ4n) is 4.08. The Morgan fingerprint density at radius 3 is 2.41 bits per heavy atom. The van der Waals surface area contributed by atoms with E-state index in [1.807, 2.05) is 24.3 Å². The smallest absolute Gasteiger partial charge is 0.159 e. The summed E-state index contributed by atoms with van der Waals surface area (Å²) in [6.45, 7) is 0. The minimum atomic E-state index is 0.373. The Hall–Kier alpha value is -1.57. The molecule has 1 aromatic carbocycles. The van der Waals surface area contributed by atoms with Crippen LogP contribution in [-0.2, 0) is 4.79 Å². The summed E-state index contributed by atoms with van der Waals surface area (Å²) >= 11 is 0. The molecule has 2 saturated carbocycles. The van der Waals surface area contributed by atoms with Gasteiger partial charge in [-0.25, -0.2) is 0 Å². The molecule has 1 atom stereocenters. The second kappa shape index (κ2) is 7.13. The number of carbonyl (C=O) groups is 1. The van der Waals surface area contributed by atoms with Gasteiger partial charge in [0.15, 0.2) is 5.78 Å². The normalized spacial score (nSPS) is 25.4. The van der Waals surface area contributed by atoms with E-state index < -0.39 is 0 Å². The van der Waals surface area contributed by atoms with Crippen LogP contribution in [0.4, 0.5) is 0 Å². The van der Waals surface area contributed by atoms with Gasteiger partial charge in [-0.15, -0.1) is 0 Å². The van der Waals surface area contributed by atoms with Crippen LogP contribution in [0.25, 0.3) is 6.08 Å². The summed E-state index contributed by atoms with van der Waals surface area (Å²) in [6, 6.07) is 8.03. The van der Waals surface area contributed by atoms with Crippen molar-refractivity contribution >= 4 is 11.9 Å². The molecule has 0 spiro atoms.